The summed E-state index contributed by atoms with van der Waals surface area (Å²) in [6.45, 7) is 12.8. The molecule has 0 radical (unpaired) electrons. The Bertz CT molecular complexity index is 598. The molecule has 0 aromatic heterocycles. The fraction of sp³-hybridized carbons (Fsp3) is 0.958. The molecule has 5 rings (SSSR count). The molecular weight excluding hydrogens is 336 g/mol. The van der Waals surface area contributed by atoms with E-state index in [0.717, 1.165) is 24.2 Å². The van der Waals surface area contributed by atoms with Crippen LogP contribution < -0.4 is 0 Å². The third-order valence-electron chi connectivity index (χ3n) is 9.39. The van der Waals surface area contributed by atoms with Gasteiger partial charge in [0.1, 0.15) is 0 Å². The summed E-state index contributed by atoms with van der Waals surface area (Å²) >= 11 is 0. The molecular formula is C24H40O3. The van der Waals surface area contributed by atoms with Crippen molar-refractivity contribution >= 4 is 5.97 Å². The smallest absolute Gasteiger partial charge is 0.313 e. The quantitative estimate of drug-likeness (QED) is 0.424. The minimum Gasteiger partial charge on any atom is -0.436 e. The van der Waals surface area contributed by atoms with Crippen molar-refractivity contribution < 1.29 is 14.3 Å². The Morgan fingerprint density at radius 1 is 1.11 bits per heavy atom. The van der Waals surface area contributed by atoms with Crippen molar-refractivity contribution in [3.8, 4) is 0 Å². The van der Waals surface area contributed by atoms with Gasteiger partial charge < -0.3 is 9.47 Å². The predicted molar refractivity (Wildman–Crippen MR) is 107 cm³/mol. The summed E-state index contributed by atoms with van der Waals surface area (Å²) in [6, 6.07) is 0. The van der Waals surface area contributed by atoms with E-state index in [2.05, 4.69) is 13.8 Å². The summed E-state index contributed by atoms with van der Waals surface area (Å²) in [6.07, 6.45) is 9.59. The van der Waals surface area contributed by atoms with Crippen LogP contribution in [0.15, 0.2) is 0 Å². The molecule has 3 nitrogen and oxygen atoms in total. The molecule has 0 saturated heterocycles. The maximum Gasteiger partial charge on any atom is 0.313 e. The van der Waals surface area contributed by atoms with Gasteiger partial charge >= 0.3 is 5.97 Å². The predicted octanol–water partition coefficient (Wildman–Crippen LogP) is 5.96. The second-order valence-corrected chi connectivity index (χ2v) is 11.2. The maximum absolute atomic E-state index is 12.6. The summed E-state index contributed by atoms with van der Waals surface area (Å²) in [4.78, 5) is 12.6. The number of carbonyl (C=O) groups is 1. The van der Waals surface area contributed by atoms with Gasteiger partial charge in [0.05, 0.1) is 11.0 Å². The van der Waals surface area contributed by atoms with Crippen molar-refractivity contribution in [3.63, 3.8) is 0 Å². The minimum atomic E-state index is -0.444. The van der Waals surface area contributed by atoms with Crippen molar-refractivity contribution in [2.24, 2.45) is 40.4 Å². The average molecular weight is 377 g/mol. The molecule has 8 atom stereocenters. The first kappa shape index (κ1) is 19.7. The fourth-order valence-corrected chi connectivity index (χ4v) is 7.56. The molecule has 154 valence electrons. The van der Waals surface area contributed by atoms with Crippen LogP contribution in [0.3, 0.4) is 0 Å². The van der Waals surface area contributed by atoms with Gasteiger partial charge in [0.25, 0.3) is 0 Å². The van der Waals surface area contributed by atoms with E-state index < -0.39 is 11.7 Å². The molecule has 8 unspecified atom stereocenters. The van der Waals surface area contributed by atoms with Gasteiger partial charge in [0.15, 0.2) is 0 Å². The Labute approximate surface area is 165 Å². The van der Waals surface area contributed by atoms with Crippen LogP contribution in [0.2, 0.25) is 0 Å². The largest absolute Gasteiger partial charge is 0.436 e. The third-order valence-corrected chi connectivity index (χ3v) is 9.39. The van der Waals surface area contributed by atoms with E-state index in [-0.39, 0.29) is 11.6 Å². The van der Waals surface area contributed by atoms with Gasteiger partial charge in [0, 0.05) is 0 Å². The van der Waals surface area contributed by atoms with Gasteiger partial charge in [-0.3, -0.25) is 4.79 Å². The lowest BCUT2D eigenvalue weighted by molar-refractivity contribution is -0.324. The third kappa shape index (κ3) is 2.90. The SMILES string of the molecule is CCC1CC2(C)C3CC4CC(C3)C(OC(C)OC(=O)C(C)(C)CC)(C1)C2C4. The van der Waals surface area contributed by atoms with Crippen molar-refractivity contribution in [1.29, 1.82) is 0 Å². The molecule has 5 aliphatic rings. The summed E-state index contributed by atoms with van der Waals surface area (Å²) in [7, 11) is 0. The fourth-order valence-electron chi connectivity index (χ4n) is 7.56. The highest BCUT2D eigenvalue weighted by atomic mass is 16.7. The van der Waals surface area contributed by atoms with Gasteiger partial charge in [-0.05, 0) is 101 Å². The van der Waals surface area contributed by atoms with Crippen LogP contribution in [-0.2, 0) is 14.3 Å². The Kier molecular flexibility index (Phi) is 4.73. The second kappa shape index (κ2) is 6.47. The second-order valence-electron chi connectivity index (χ2n) is 11.2. The Balaban J connectivity index is 1.59. The highest BCUT2D eigenvalue weighted by Crippen LogP contribution is 2.72. The van der Waals surface area contributed by atoms with Crippen LogP contribution in [0, 0.1) is 40.4 Å². The van der Waals surface area contributed by atoms with E-state index in [9.17, 15) is 4.79 Å². The Hall–Kier alpha value is -0.570. The molecule has 0 aliphatic heterocycles. The molecule has 0 heterocycles. The maximum atomic E-state index is 12.6. The summed E-state index contributed by atoms with van der Waals surface area (Å²) < 4.78 is 12.7. The van der Waals surface area contributed by atoms with Gasteiger partial charge in [-0.15, -0.1) is 0 Å². The first-order valence-corrected chi connectivity index (χ1v) is 11.5. The number of hydrogen-bond acceptors (Lipinski definition) is 3. The lowest BCUT2D eigenvalue weighted by atomic mass is 9.36. The molecule has 3 heteroatoms. The van der Waals surface area contributed by atoms with E-state index in [1.807, 2.05) is 27.7 Å². The van der Waals surface area contributed by atoms with Crippen LogP contribution in [-0.4, -0.2) is 17.9 Å². The summed E-state index contributed by atoms with van der Waals surface area (Å²) in [5.41, 5.74) is -0.0672. The molecule has 6 bridgehead atoms. The molecule has 5 saturated carbocycles. The first-order valence-electron chi connectivity index (χ1n) is 11.5. The van der Waals surface area contributed by atoms with Gasteiger partial charge in [-0.2, -0.15) is 0 Å². The van der Waals surface area contributed by atoms with Crippen LogP contribution in [0.4, 0.5) is 0 Å². The molecule has 0 aromatic carbocycles. The number of carbonyl (C=O) groups excluding carboxylic acids is 1. The highest BCUT2D eigenvalue weighted by molar-refractivity contribution is 5.75. The van der Waals surface area contributed by atoms with Crippen molar-refractivity contribution in [2.75, 3.05) is 0 Å². The first-order chi connectivity index (χ1) is 12.6. The van der Waals surface area contributed by atoms with Crippen molar-refractivity contribution in [3.05, 3.63) is 0 Å². The van der Waals surface area contributed by atoms with Gasteiger partial charge in [0.2, 0.25) is 6.29 Å². The monoisotopic (exact) mass is 376 g/mol. The molecule has 0 spiro atoms. The van der Waals surface area contributed by atoms with E-state index in [1.165, 1.54) is 44.9 Å². The molecule has 0 N–H and O–H groups in total. The number of esters is 1. The van der Waals surface area contributed by atoms with Crippen LogP contribution in [0.25, 0.3) is 0 Å². The van der Waals surface area contributed by atoms with E-state index in [4.69, 9.17) is 9.47 Å². The molecule has 0 aromatic rings. The molecule has 27 heavy (non-hydrogen) atoms. The normalized spacial score (nSPS) is 46.4. The highest BCUT2D eigenvalue weighted by Gasteiger charge is 2.69. The number of hydrogen-bond donors (Lipinski definition) is 0. The topological polar surface area (TPSA) is 35.5 Å². The Morgan fingerprint density at radius 2 is 1.81 bits per heavy atom. The van der Waals surface area contributed by atoms with Crippen LogP contribution in [0.5, 0.6) is 0 Å². The number of rotatable bonds is 6. The average Bonchev–Trinajstić information content (AvgIpc) is 2.62. The van der Waals surface area contributed by atoms with E-state index in [0.29, 0.717) is 17.3 Å². The van der Waals surface area contributed by atoms with Crippen LogP contribution in [0.1, 0.15) is 92.9 Å². The van der Waals surface area contributed by atoms with Crippen LogP contribution >= 0.6 is 0 Å². The van der Waals surface area contributed by atoms with Gasteiger partial charge in [-0.1, -0.05) is 27.2 Å². The zero-order valence-electron chi connectivity index (χ0n) is 18.3. The summed E-state index contributed by atoms with van der Waals surface area (Å²) in [5, 5.41) is 0. The zero-order chi connectivity index (χ0) is 19.6. The minimum absolute atomic E-state index is 0.0584. The van der Waals surface area contributed by atoms with Crippen molar-refractivity contribution in [1.82, 2.24) is 0 Å². The zero-order valence-corrected chi connectivity index (χ0v) is 18.3. The van der Waals surface area contributed by atoms with Crippen molar-refractivity contribution in [2.45, 2.75) is 105 Å². The lowest BCUT2D eigenvalue weighted by Gasteiger charge is -2.72. The Morgan fingerprint density at radius 3 is 2.48 bits per heavy atom. The molecule has 0 amide bonds. The van der Waals surface area contributed by atoms with E-state index >= 15 is 0 Å². The molecule has 5 aliphatic carbocycles. The number of ether oxygens (including phenoxy) is 2. The standard InChI is InChI=1S/C24H40O3/c1-7-16-13-23(6)18-9-17-10-19(12-18)24(14-16,20(23)11-17)27-15(3)26-21(25)22(4,5)8-2/h15-20H,7-14H2,1-6H3. The van der Waals surface area contributed by atoms with Gasteiger partial charge in [-0.25, -0.2) is 0 Å². The lowest BCUT2D eigenvalue weighted by Crippen LogP contribution is -2.70. The summed E-state index contributed by atoms with van der Waals surface area (Å²) in [5.74, 6) is 3.76. The molecule has 5 fully saturated rings. The van der Waals surface area contributed by atoms with E-state index in [1.54, 1.807) is 0 Å².